The Labute approximate surface area is 139 Å². The minimum Gasteiger partial charge on any atom is -0.463 e. The van der Waals surface area contributed by atoms with Gasteiger partial charge in [-0.2, -0.15) is 9.78 Å². The van der Waals surface area contributed by atoms with Crippen molar-refractivity contribution in [3.8, 4) is 0 Å². The number of aromatic nitrogens is 2. The maximum absolute atomic E-state index is 12.1. The maximum Gasteiger partial charge on any atom is 0.432 e. The third-order valence-electron chi connectivity index (χ3n) is 3.27. The van der Waals surface area contributed by atoms with Crippen LogP contribution in [0.5, 0.6) is 0 Å². The summed E-state index contributed by atoms with van der Waals surface area (Å²) in [6.07, 6.45) is -1.23. The van der Waals surface area contributed by atoms with Crippen LogP contribution in [0.25, 0.3) is 10.9 Å². The van der Waals surface area contributed by atoms with Crippen LogP contribution in [-0.4, -0.2) is 26.9 Å². The summed E-state index contributed by atoms with van der Waals surface area (Å²) in [6.45, 7) is 0.152. The fraction of sp³-hybridized carbons (Fsp3) is 0.0625. The highest BCUT2D eigenvalue weighted by molar-refractivity contribution is 9.10. The number of carbonyl (C=O) groups is 2. The first-order chi connectivity index (χ1) is 11.1. The fourth-order valence-electron chi connectivity index (χ4n) is 2.16. The van der Waals surface area contributed by atoms with E-state index >= 15 is 0 Å². The molecule has 0 spiro atoms. The number of nitrogens with zero attached hydrogens (tertiary/aromatic N) is 2. The molecule has 0 aliphatic carbocycles. The molecule has 0 aliphatic rings. The van der Waals surface area contributed by atoms with Gasteiger partial charge in [-0.25, -0.2) is 9.59 Å². The average Bonchev–Trinajstić information content (AvgIpc) is 2.90. The number of hydrogen-bond acceptors (Lipinski definition) is 4. The molecular weight excluding hydrogens is 364 g/mol. The molecule has 6 nitrogen and oxygen atoms in total. The molecule has 1 heterocycles. The second-order valence-electron chi connectivity index (χ2n) is 4.78. The first-order valence-electron chi connectivity index (χ1n) is 6.69. The summed E-state index contributed by atoms with van der Waals surface area (Å²) in [5.74, 6) is -0.523. The minimum atomic E-state index is -1.23. The van der Waals surface area contributed by atoms with Crippen LogP contribution in [0.15, 0.2) is 53.1 Å². The van der Waals surface area contributed by atoms with Crippen molar-refractivity contribution in [2.24, 2.45) is 0 Å². The molecule has 23 heavy (non-hydrogen) atoms. The predicted octanol–water partition coefficient (Wildman–Crippen LogP) is 3.68. The molecule has 0 radical (unpaired) electrons. The molecule has 0 bridgehead atoms. The van der Waals surface area contributed by atoms with Gasteiger partial charge >= 0.3 is 12.1 Å². The van der Waals surface area contributed by atoms with Gasteiger partial charge in [-0.3, -0.25) is 0 Å². The van der Waals surface area contributed by atoms with Gasteiger partial charge in [-0.1, -0.05) is 30.3 Å². The van der Waals surface area contributed by atoms with Crippen LogP contribution in [0.3, 0.4) is 0 Å². The number of fused-ring (bicyclic) bond motifs is 1. The molecule has 0 aliphatic heterocycles. The third kappa shape index (κ3) is 3.09. The zero-order chi connectivity index (χ0) is 16.4. The molecule has 1 aromatic heterocycles. The van der Waals surface area contributed by atoms with Crippen LogP contribution < -0.4 is 0 Å². The summed E-state index contributed by atoms with van der Waals surface area (Å²) < 4.78 is 6.46. The summed E-state index contributed by atoms with van der Waals surface area (Å²) in [4.78, 5) is 23.3. The zero-order valence-corrected chi connectivity index (χ0v) is 13.4. The van der Waals surface area contributed by atoms with E-state index in [4.69, 9.17) is 9.84 Å². The summed E-state index contributed by atoms with van der Waals surface area (Å²) in [5, 5.41) is 13.6. The lowest BCUT2D eigenvalue weighted by Crippen LogP contribution is -2.10. The van der Waals surface area contributed by atoms with Gasteiger partial charge in [0.1, 0.15) is 11.2 Å². The number of benzene rings is 2. The van der Waals surface area contributed by atoms with E-state index in [0.29, 0.717) is 15.5 Å². The highest BCUT2D eigenvalue weighted by Gasteiger charge is 2.16. The standard InChI is InChI=1S/C16H11BrN2O4/c17-14-12-7-6-11(8-13(12)19(18-14)16(21)22)15(20)23-9-10-4-2-1-3-5-10/h1-8H,9H2,(H,21,22). The highest BCUT2D eigenvalue weighted by atomic mass is 79.9. The van der Waals surface area contributed by atoms with Gasteiger partial charge in [-0.05, 0) is 39.7 Å². The van der Waals surface area contributed by atoms with Crippen LogP contribution >= 0.6 is 15.9 Å². The van der Waals surface area contributed by atoms with Gasteiger partial charge in [-0.15, -0.1) is 0 Å². The van der Waals surface area contributed by atoms with Crippen LogP contribution in [0.1, 0.15) is 15.9 Å². The first-order valence-corrected chi connectivity index (χ1v) is 7.48. The number of carboxylic acid groups (broad SMARTS) is 1. The Balaban J connectivity index is 1.86. The van der Waals surface area contributed by atoms with Gasteiger partial charge in [0.05, 0.1) is 11.1 Å². The quantitative estimate of drug-likeness (QED) is 0.707. The SMILES string of the molecule is O=C(OCc1ccccc1)c1ccc2c(Br)nn(C(=O)O)c2c1. The molecule has 7 heteroatoms. The van der Waals surface area contributed by atoms with Crippen molar-refractivity contribution in [1.82, 2.24) is 9.78 Å². The van der Waals surface area contributed by atoms with E-state index in [0.717, 1.165) is 10.2 Å². The molecule has 0 atom stereocenters. The lowest BCUT2D eigenvalue weighted by Gasteiger charge is -2.05. The number of esters is 1. The van der Waals surface area contributed by atoms with Crippen molar-refractivity contribution in [2.45, 2.75) is 6.61 Å². The highest BCUT2D eigenvalue weighted by Crippen LogP contribution is 2.24. The van der Waals surface area contributed by atoms with Crippen molar-refractivity contribution < 1.29 is 19.4 Å². The van der Waals surface area contributed by atoms with Crippen molar-refractivity contribution >= 4 is 38.9 Å². The van der Waals surface area contributed by atoms with E-state index in [1.54, 1.807) is 12.1 Å². The normalized spacial score (nSPS) is 10.7. The fourth-order valence-corrected chi connectivity index (χ4v) is 2.65. The van der Waals surface area contributed by atoms with Gasteiger partial charge in [0, 0.05) is 5.39 Å². The molecule has 3 aromatic rings. The Hall–Kier alpha value is -2.67. The Morgan fingerprint density at radius 3 is 2.61 bits per heavy atom. The third-order valence-corrected chi connectivity index (χ3v) is 3.85. The van der Waals surface area contributed by atoms with Crippen LogP contribution in [0, 0.1) is 0 Å². The largest absolute Gasteiger partial charge is 0.463 e. The average molecular weight is 375 g/mol. The summed E-state index contributed by atoms with van der Waals surface area (Å²) in [6, 6.07) is 14.0. The molecule has 0 saturated carbocycles. The Kier molecular flexibility index (Phi) is 4.12. The number of ether oxygens (including phenoxy) is 1. The molecule has 0 fully saturated rings. The van der Waals surface area contributed by atoms with E-state index < -0.39 is 12.1 Å². The smallest absolute Gasteiger partial charge is 0.432 e. The second kappa shape index (κ2) is 6.21. The van der Waals surface area contributed by atoms with Crippen LogP contribution in [0.4, 0.5) is 4.79 Å². The second-order valence-corrected chi connectivity index (χ2v) is 5.53. The van der Waals surface area contributed by atoms with Crippen molar-refractivity contribution in [2.75, 3.05) is 0 Å². The van der Waals surface area contributed by atoms with E-state index in [-0.39, 0.29) is 12.2 Å². The molecule has 0 unspecified atom stereocenters. The van der Waals surface area contributed by atoms with Gasteiger partial charge in [0.2, 0.25) is 0 Å². The number of rotatable bonds is 3. The van der Waals surface area contributed by atoms with Crippen LogP contribution in [0.2, 0.25) is 0 Å². The van der Waals surface area contributed by atoms with E-state index in [9.17, 15) is 9.59 Å². The minimum absolute atomic E-state index is 0.152. The topological polar surface area (TPSA) is 81.4 Å². The number of carbonyl (C=O) groups excluding carboxylic acids is 1. The monoisotopic (exact) mass is 374 g/mol. The van der Waals surface area contributed by atoms with Crippen molar-refractivity contribution in [1.29, 1.82) is 0 Å². The molecule has 0 amide bonds. The Bertz CT molecular complexity index is 890. The molecule has 1 N–H and O–H groups in total. The molecule has 0 saturated heterocycles. The molecular formula is C16H11BrN2O4. The maximum atomic E-state index is 12.1. The van der Waals surface area contributed by atoms with E-state index in [1.807, 2.05) is 30.3 Å². The lowest BCUT2D eigenvalue weighted by atomic mass is 10.1. The van der Waals surface area contributed by atoms with Crippen molar-refractivity contribution in [3.63, 3.8) is 0 Å². The van der Waals surface area contributed by atoms with E-state index in [1.165, 1.54) is 6.07 Å². The Morgan fingerprint density at radius 1 is 1.17 bits per heavy atom. The summed E-state index contributed by atoms with van der Waals surface area (Å²) in [7, 11) is 0. The van der Waals surface area contributed by atoms with Crippen LogP contribution in [-0.2, 0) is 11.3 Å². The molecule has 2 aromatic carbocycles. The van der Waals surface area contributed by atoms with E-state index in [2.05, 4.69) is 21.0 Å². The molecule has 116 valence electrons. The summed E-state index contributed by atoms with van der Waals surface area (Å²) >= 11 is 3.20. The zero-order valence-electron chi connectivity index (χ0n) is 11.8. The molecule has 3 rings (SSSR count). The summed E-state index contributed by atoms with van der Waals surface area (Å²) in [5.41, 5.74) is 1.46. The first kappa shape index (κ1) is 15.2. The number of halogens is 1. The lowest BCUT2D eigenvalue weighted by molar-refractivity contribution is 0.0473. The van der Waals surface area contributed by atoms with Crippen molar-refractivity contribution in [3.05, 3.63) is 64.3 Å². The van der Waals surface area contributed by atoms with Gasteiger partial charge in [0.15, 0.2) is 0 Å². The van der Waals surface area contributed by atoms with Gasteiger partial charge in [0.25, 0.3) is 0 Å². The predicted molar refractivity (Wildman–Crippen MR) is 86.4 cm³/mol. The Morgan fingerprint density at radius 2 is 1.91 bits per heavy atom. The van der Waals surface area contributed by atoms with Gasteiger partial charge < -0.3 is 9.84 Å². The number of hydrogen-bond donors (Lipinski definition) is 1.